The average molecular weight is 368 g/mol. The zero-order chi connectivity index (χ0) is 19.4. The van der Waals surface area contributed by atoms with Crippen LogP contribution in [0.1, 0.15) is 23.9 Å². The molecule has 0 fully saturated rings. The minimum Gasteiger partial charge on any atom is -0.354 e. The number of halogens is 1. The molecule has 0 aliphatic rings. The monoisotopic (exact) mass is 368 g/mol. The molecule has 0 aliphatic heterocycles. The fourth-order valence-corrected chi connectivity index (χ4v) is 3.33. The number of nitrogens with zero attached hydrogens (tertiary/aromatic N) is 3. The van der Waals surface area contributed by atoms with Crippen LogP contribution in [-0.4, -0.2) is 41.0 Å². The summed E-state index contributed by atoms with van der Waals surface area (Å²) in [7, 11) is 5.64. The van der Waals surface area contributed by atoms with Crippen LogP contribution in [0.25, 0.3) is 11.0 Å². The van der Waals surface area contributed by atoms with Gasteiger partial charge in [0, 0.05) is 20.0 Å². The van der Waals surface area contributed by atoms with E-state index >= 15 is 0 Å². The number of amides is 1. The molecule has 1 N–H and O–H groups in total. The summed E-state index contributed by atoms with van der Waals surface area (Å²) < 4.78 is 15.6. The van der Waals surface area contributed by atoms with E-state index in [9.17, 15) is 9.18 Å². The molecule has 3 aromatic rings. The second-order valence-electron chi connectivity index (χ2n) is 6.89. The Hall–Kier alpha value is -2.73. The van der Waals surface area contributed by atoms with Gasteiger partial charge in [0.15, 0.2) is 0 Å². The van der Waals surface area contributed by atoms with Crippen LogP contribution in [0, 0.1) is 5.82 Å². The molecular formula is C21H25FN4O. The summed E-state index contributed by atoms with van der Waals surface area (Å²) in [5, 5.41) is 2.97. The molecule has 1 heterocycles. The van der Waals surface area contributed by atoms with E-state index in [-0.39, 0.29) is 11.7 Å². The Kier molecular flexibility index (Phi) is 5.86. The maximum Gasteiger partial charge on any atom is 0.241 e. The van der Waals surface area contributed by atoms with Gasteiger partial charge < -0.3 is 9.88 Å². The number of carbonyl (C=O) groups is 1. The van der Waals surface area contributed by atoms with Gasteiger partial charge in [0.25, 0.3) is 0 Å². The second-order valence-corrected chi connectivity index (χ2v) is 6.89. The van der Waals surface area contributed by atoms with E-state index in [1.807, 2.05) is 45.4 Å². The highest BCUT2D eigenvalue weighted by molar-refractivity contribution is 5.83. The zero-order valence-electron chi connectivity index (χ0n) is 15.9. The van der Waals surface area contributed by atoms with Crippen LogP contribution in [-0.2, 0) is 18.3 Å². The van der Waals surface area contributed by atoms with Gasteiger partial charge in [-0.1, -0.05) is 24.3 Å². The van der Waals surface area contributed by atoms with Gasteiger partial charge in [-0.25, -0.2) is 9.37 Å². The van der Waals surface area contributed by atoms with Crippen LogP contribution < -0.4 is 5.32 Å². The first-order chi connectivity index (χ1) is 13.0. The Morgan fingerprint density at radius 1 is 1.22 bits per heavy atom. The third kappa shape index (κ3) is 4.34. The lowest BCUT2D eigenvalue weighted by Gasteiger charge is -2.24. The van der Waals surface area contributed by atoms with Crippen molar-refractivity contribution in [3.05, 3.63) is 65.7 Å². The maximum absolute atomic E-state index is 13.5. The number of rotatable bonds is 7. The first kappa shape index (κ1) is 19.0. The molecule has 0 radical (unpaired) electrons. The lowest BCUT2D eigenvalue weighted by Crippen LogP contribution is -2.37. The second kappa shape index (κ2) is 8.31. The van der Waals surface area contributed by atoms with E-state index in [4.69, 9.17) is 0 Å². The summed E-state index contributed by atoms with van der Waals surface area (Å²) in [5.41, 5.74) is 2.74. The Morgan fingerprint density at radius 2 is 2.00 bits per heavy atom. The Bertz CT molecular complexity index is 935. The highest BCUT2D eigenvalue weighted by atomic mass is 19.1. The summed E-state index contributed by atoms with van der Waals surface area (Å²) in [6, 6.07) is 13.7. The molecule has 142 valence electrons. The molecule has 1 aromatic heterocycles. The molecule has 3 rings (SSSR count). The molecule has 0 unspecified atom stereocenters. The van der Waals surface area contributed by atoms with E-state index in [1.165, 1.54) is 12.1 Å². The van der Waals surface area contributed by atoms with Gasteiger partial charge in [0.05, 0.1) is 11.0 Å². The fourth-order valence-electron chi connectivity index (χ4n) is 3.33. The number of carbonyl (C=O) groups excluding carboxylic acids is 1. The van der Waals surface area contributed by atoms with Crippen molar-refractivity contribution in [2.75, 3.05) is 20.6 Å². The maximum atomic E-state index is 13.5. The van der Waals surface area contributed by atoms with Crippen molar-refractivity contribution in [1.82, 2.24) is 19.8 Å². The first-order valence-corrected chi connectivity index (χ1v) is 9.07. The Labute approximate surface area is 158 Å². The van der Waals surface area contributed by atoms with Crippen molar-refractivity contribution in [2.24, 2.45) is 7.05 Å². The number of nitrogens with one attached hydrogen (secondary N) is 1. The average Bonchev–Trinajstić information content (AvgIpc) is 2.95. The quantitative estimate of drug-likeness (QED) is 0.652. The molecule has 27 heavy (non-hydrogen) atoms. The highest BCUT2D eigenvalue weighted by Crippen LogP contribution is 2.19. The number of imidazole rings is 1. The van der Waals surface area contributed by atoms with Gasteiger partial charge in [-0.2, -0.15) is 0 Å². The number of benzene rings is 2. The van der Waals surface area contributed by atoms with Gasteiger partial charge >= 0.3 is 0 Å². The van der Waals surface area contributed by atoms with Crippen LogP contribution in [0.3, 0.4) is 0 Å². The van der Waals surface area contributed by atoms with E-state index in [0.29, 0.717) is 12.1 Å². The minimum absolute atomic E-state index is 0.129. The number of likely N-dealkylation sites (N-methyl/N-ethyl adjacent to an activating group) is 1. The predicted octanol–water partition coefficient (Wildman–Crippen LogP) is 3.06. The van der Waals surface area contributed by atoms with Crippen molar-refractivity contribution in [3.63, 3.8) is 0 Å². The molecule has 2 aromatic carbocycles. The van der Waals surface area contributed by atoms with Gasteiger partial charge in [-0.05, 0) is 50.3 Å². The topological polar surface area (TPSA) is 50.2 Å². The number of fused-ring (bicyclic) bond motifs is 1. The largest absolute Gasteiger partial charge is 0.354 e. The standard InChI is InChI=1S/C21H25FN4O/c1-25(2)20(15-8-6-9-16(22)14-15)21(27)23-13-7-12-19-24-17-10-4-5-11-18(17)26(19)3/h4-6,8-11,14,20H,7,12-13H2,1-3H3,(H,23,27)/t20-/m0/s1. The van der Waals surface area contributed by atoms with Gasteiger partial charge in [0.1, 0.15) is 17.7 Å². The van der Waals surface area contributed by atoms with Crippen LogP contribution in [0.15, 0.2) is 48.5 Å². The molecule has 0 aliphatic carbocycles. The zero-order valence-corrected chi connectivity index (χ0v) is 15.9. The molecule has 1 atom stereocenters. The van der Waals surface area contributed by atoms with Crippen molar-refractivity contribution in [3.8, 4) is 0 Å². The smallest absolute Gasteiger partial charge is 0.241 e. The summed E-state index contributed by atoms with van der Waals surface area (Å²) in [5.74, 6) is 0.532. The van der Waals surface area contributed by atoms with E-state index in [0.717, 1.165) is 29.7 Å². The van der Waals surface area contributed by atoms with Crippen LogP contribution in [0.2, 0.25) is 0 Å². The number of para-hydroxylation sites is 2. The SMILES string of the molecule is CN(C)[C@H](C(=O)NCCCc1nc2ccccc2n1C)c1cccc(F)c1. The Balaban J connectivity index is 1.58. The van der Waals surface area contributed by atoms with Gasteiger partial charge in [-0.15, -0.1) is 0 Å². The number of hydrogen-bond acceptors (Lipinski definition) is 3. The summed E-state index contributed by atoms with van der Waals surface area (Å²) in [6.45, 7) is 0.543. The molecule has 0 bridgehead atoms. The minimum atomic E-state index is -0.517. The van der Waals surface area contributed by atoms with E-state index < -0.39 is 6.04 Å². The third-order valence-electron chi connectivity index (χ3n) is 4.69. The first-order valence-electron chi connectivity index (χ1n) is 9.07. The number of aromatic nitrogens is 2. The van der Waals surface area contributed by atoms with Crippen molar-refractivity contribution >= 4 is 16.9 Å². The van der Waals surface area contributed by atoms with Crippen LogP contribution in [0.5, 0.6) is 0 Å². The van der Waals surface area contributed by atoms with E-state index in [1.54, 1.807) is 17.0 Å². The summed E-state index contributed by atoms with van der Waals surface area (Å²) in [6.07, 6.45) is 1.56. The van der Waals surface area contributed by atoms with Crippen molar-refractivity contribution < 1.29 is 9.18 Å². The lowest BCUT2D eigenvalue weighted by atomic mass is 10.0. The number of aryl methyl sites for hydroxylation is 2. The van der Waals surface area contributed by atoms with Gasteiger partial charge in [-0.3, -0.25) is 9.69 Å². The summed E-state index contributed by atoms with van der Waals surface area (Å²) in [4.78, 5) is 19.1. The van der Waals surface area contributed by atoms with Crippen LogP contribution >= 0.6 is 0 Å². The van der Waals surface area contributed by atoms with Gasteiger partial charge in [0.2, 0.25) is 5.91 Å². The molecule has 0 saturated heterocycles. The van der Waals surface area contributed by atoms with Crippen molar-refractivity contribution in [1.29, 1.82) is 0 Å². The molecule has 6 heteroatoms. The van der Waals surface area contributed by atoms with Crippen molar-refractivity contribution in [2.45, 2.75) is 18.9 Å². The van der Waals surface area contributed by atoms with E-state index in [2.05, 4.69) is 14.9 Å². The molecular weight excluding hydrogens is 343 g/mol. The fraction of sp³-hybridized carbons (Fsp3) is 0.333. The third-order valence-corrected chi connectivity index (χ3v) is 4.69. The molecule has 1 amide bonds. The lowest BCUT2D eigenvalue weighted by molar-refractivity contribution is -0.125. The van der Waals surface area contributed by atoms with Crippen LogP contribution in [0.4, 0.5) is 4.39 Å². The molecule has 5 nitrogen and oxygen atoms in total. The normalized spacial score (nSPS) is 12.5. The summed E-state index contributed by atoms with van der Waals surface area (Å²) >= 11 is 0. The predicted molar refractivity (Wildman–Crippen MR) is 105 cm³/mol. The highest BCUT2D eigenvalue weighted by Gasteiger charge is 2.22. The molecule has 0 spiro atoms. The Morgan fingerprint density at radius 3 is 2.70 bits per heavy atom. The molecule has 0 saturated carbocycles. The number of hydrogen-bond donors (Lipinski definition) is 1.